The van der Waals surface area contributed by atoms with Crippen molar-refractivity contribution < 1.29 is 17.5 Å². The normalized spacial score (nSPS) is 16.2. The zero-order valence-electron chi connectivity index (χ0n) is 17.0. The van der Waals surface area contributed by atoms with E-state index in [1.807, 2.05) is 13.8 Å². The third-order valence-electron chi connectivity index (χ3n) is 4.67. The molecule has 1 N–H and O–H groups in total. The molecule has 0 spiro atoms. The monoisotopic (exact) mass is 423 g/mol. The molecule has 2 aromatic heterocycles. The highest BCUT2D eigenvalue weighted by Gasteiger charge is 2.25. The van der Waals surface area contributed by atoms with Crippen LogP contribution in [-0.4, -0.2) is 59.2 Å². The Bertz CT molecular complexity index is 976. The molecule has 0 saturated carbocycles. The van der Waals surface area contributed by atoms with Gasteiger partial charge in [-0.2, -0.15) is 0 Å². The second kappa shape index (κ2) is 8.58. The molecule has 1 saturated heterocycles. The first-order valence-corrected chi connectivity index (χ1v) is 11.4. The number of sulfonamides is 1. The molecule has 2 aromatic rings. The maximum Gasteiger partial charge on any atom is 0.223 e. The molecule has 0 unspecified atom stereocenters. The predicted molar refractivity (Wildman–Crippen MR) is 109 cm³/mol. The lowest BCUT2D eigenvalue weighted by atomic mass is 10.1. The maximum absolute atomic E-state index is 14.4. The summed E-state index contributed by atoms with van der Waals surface area (Å²) in [4.78, 5) is 12.8. The topological polar surface area (TPSA) is 97.3 Å². The molecule has 0 aromatic carbocycles. The molecule has 0 atom stereocenters. The summed E-state index contributed by atoms with van der Waals surface area (Å²) in [5, 5.41) is 3.19. The van der Waals surface area contributed by atoms with E-state index in [-0.39, 0.29) is 17.8 Å². The van der Waals surface area contributed by atoms with E-state index in [4.69, 9.17) is 4.74 Å². The number of nitrogens with zero attached hydrogens (tertiary/aromatic N) is 4. The molecule has 8 nitrogen and oxygen atoms in total. The number of rotatable bonds is 6. The SMILES string of the molecule is Cc1nc(OC(C)C)ccc1-c1nc(NC2CCN(S(C)(=O)=O)CC2)ncc1F. The van der Waals surface area contributed by atoms with Crippen LogP contribution >= 0.6 is 0 Å². The maximum atomic E-state index is 14.4. The van der Waals surface area contributed by atoms with Crippen molar-refractivity contribution >= 4 is 16.0 Å². The van der Waals surface area contributed by atoms with Crippen LogP contribution in [0.4, 0.5) is 10.3 Å². The fraction of sp³-hybridized carbons (Fsp3) is 0.526. The van der Waals surface area contributed by atoms with Crippen LogP contribution in [0.1, 0.15) is 32.4 Å². The minimum Gasteiger partial charge on any atom is -0.475 e. The number of ether oxygens (including phenoxy) is 1. The van der Waals surface area contributed by atoms with Crippen molar-refractivity contribution in [3.63, 3.8) is 0 Å². The van der Waals surface area contributed by atoms with Gasteiger partial charge in [0.2, 0.25) is 21.9 Å². The average Bonchev–Trinajstić information content (AvgIpc) is 2.63. The van der Waals surface area contributed by atoms with E-state index in [1.54, 1.807) is 19.1 Å². The van der Waals surface area contributed by atoms with Gasteiger partial charge in [0.1, 0.15) is 5.69 Å². The van der Waals surface area contributed by atoms with Gasteiger partial charge in [0.15, 0.2) is 5.82 Å². The molecule has 1 aliphatic rings. The third kappa shape index (κ3) is 5.39. The lowest BCUT2D eigenvalue weighted by Gasteiger charge is -2.30. The second-order valence-electron chi connectivity index (χ2n) is 7.42. The molecule has 1 fully saturated rings. The van der Waals surface area contributed by atoms with E-state index < -0.39 is 15.8 Å². The Kier molecular flexibility index (Phi) is 6.33. The number of aromatic nitrogens is 3. The first kappa shape index (κ1) is 21.4. The van der Waals surface area contributed by atoms with E-state index in [2.05, 4.69) is 20.3 Å². The predicted octanol–water partition coefficient (Wildman–Crippen LogP) is 2.61. The molecule has 3 heterocycles. The summed E-state index contributed by atoms with van der Waals surface area (Å²) in [5.74, 6) is 0.248. The summed E-state index contributed by atoms with van der Waals surface area (Å²) in [5.41, 5.74) is 1.33. The Balaban J connectivity index is 1.76. The van der Waals surface area contributed by atoms with Crippen LogP contribution in [0.5, 0.6) is 5.88 Å². The smallest absolute Gasteiger partial charge is 0.223 e. The molecule has 29 heavy (non-hydrogen) atoms. The molecule has 0 aliphatic carbocycles. The Hall–Kier alpha value is -2.33. The number of anilines is 1. The van der Waals surface area contributed by atoms with Crippen molar-refractivity contribution in [3.05, 3.63) is 29.8 Å². The standard InChI is InChI=1S/C19H26FN5O3S/c1-12(2)28-17-6-5-15(13(3)22-17)18-16(20)11-21-19(24-18)23-14-7-9-25(10-8-14)29(4,26)27/h5-6,11-12,14H,7-10H2,1-4H3,(H,21,23,24). The minimum absolute atomic E-state index is 0.00606. The zero-order valence-corrected chi connectivity index (χ0v) is 17.8. The lowest BCUT2D eigenvalue weighted by molar-refractivity contribution is 0.232. The highest BCUT2D eigenvalue weighted by Crippen LogP contribution is 2.26. The summed E-state index contributed by atoms with van der Waals surface area (Å²) >= 11 is 0. The second-order valence-corrected chi connectivity index (χ2v) is 9.40. The van der Waals surface area contributed by atoms with Crippen LogP contribution in [0.3, 0.4) is 0 Å². The van der Waals surface area contributed by atoms with Crippen LogP contribution in [0.2, 0.25) is 0 Å². The van der Waals surface area contributed by atoms with E-state index in [0.717, 1.165) is 6.20 Å². The molecule has 0 bridgehead atoms. The number of piperidine rings is 1. The van der Waals surface area contributed by atoms with E-state index in [9.17, 15) is 12.8 Å². The van der Waals surface area contributed by atoms with Gasteiger partial charge >= 0.3 is 0 Å². The van der Waals surface area contributed by atoms with Crippen molar-refractivity contribution in [2.24, 2.45) is 0 Å². The highest BCUT2D eigenvalue weighted by molar-refractivity contribution is 7.88. The Morgan fingerprint density at radius 3 is 2.52 bits per heavy atom. The van der Waals surface area contributed by atoms with E-state index in [1.165, 1.54) is 10.6 Å². The van der Waals surface area contributed by atoms with E-state index in [0.29, 0.717) is 49.0 Å². The lowest BCUT2D eigenvalue weighted by Crippen LogP contribution is -2.42. The summed E-state index contributed by atoms with van der Waals surface area (Å²) < 4.78 is 44.7. The number of hydrogen-bond donors (Lipinski definition) is 1. The van der Waals surface area contributed by atoms with E-state index >= 15 is 0 Å². The molecular weight excluding hydrogens is 397 g/mol. The largest absolute Gasteiger partial charge is 0.475 e. The molecule has 3 rings (SSSR count). The Labute approximate surface area is 170 Å². The van der Waals surface area contributed by atoms with Gasteiger partial charge in [-0.3, -0.25) is 0 Å². The van der Waals surface area contributed by atoms with Gasteiger partial charge in [-0.1, -0.05) is 0 Å². The quantitative estimate of drug-likeness (QED) is 0.763. The minimum atomic E-state index is -3.18. The van der Waals surface area contributed by atoms with Gasteiger partial charge < -0.3 is 10.1 Å². The fourth-order valence-corrected chi connectivity index (χ4v) is 4.11. The first-order chi connectivity index (χ1) is 13.6. The van der Waals surface area contributed by atoms with Crippen molar-refractivity contribution in [1.29, 1.82) is 0 Å². The number of nitrogens with one attached hydrogen (secondary N) is 1. The van der Waals surface area contributed by atoms with Crippen LogP contribution in [0.15, 0.2) is 18.3 Å². The Morgan fingerprint density at radius 1 is 1.24 bits per heavy atom. The number of hydrogen-bond acceptors (Lipinski definition) is 7. The first-order valence-electron chi connectivity index (χ1n) is 9.52. The van der Waals surface area contributed by atoms with Gasteiger partial charge in [0, 0.05) is 30.8 Å². The van der Waals surface area contributed by atoms with Gasteiger partial charge in [-0.25, -0.2) is 32.1 Å². The zero-order chi connectivity index (χ0) is 21.2. The van der Waals surface area contributed by atoms with Gasteiger partial charge in [-0.15, -0.1) is 0 Å². The summed E-state index contributed by atoms with van der Waals surface area (Å²) in [7, 11) is -3.18. The van der Waals surface area contributed by atoms with Crippen molar-refractivity contribution in [2.75, 3.05) is 24.7 Å². The van der Waals surface area contributed by atoms with Crippen molar-refractivity contribution in [3.8, 4) is 17.1 Å². The van der Waals surface area contributed by atoms with Crippen LogP contribution in [0, 0.1) is 12.7 Å². The Morgan fingerprint density at radius 2 is 1.93 bits per heavy atom. The fourth-order valence-electron chi connectivity index (χ4n) is 3.24. The highest BCUT2D eigenvalue weighted by atomic mass is 32.2. The molecular formula is C19H26FN5O3S. The molecule has 10 heteroatoms. The van der Waals surface area contributed by atoms with Crippen molar-refractivity contribution in [1.82, 2.24) is 19.3 Å². The number of halogens is 1. The average molecular weight is 424 g/mol. The van der Waals surface area contributed by atoms with Crippen LogP contribution < -0.4 is 10.1 Å². The molecule has 0 radical (unpaired) electrons. The number of aryl methyl sites for hydroxylation is 1. The van der Waals surface area contributed by atoms with Gasteiger partial charge in [0.25, 0.3) is 0 Å². The third-order valence-corrected chi connectivity index (χ3v) is 5.98. The number of pyridine rings is 1. The molecule has 0 amide bonds. The van der Waals surface area contributed by atoms with Crippen LogP contribution in [0.25, 0.3) is 11.3 Å². The van der Waals surface area contributed by atoms with Crippen LogP contribution in [-0.2, 0) is 10.0 Å². The summed E-state index contributed by atoms with van der Waals surface area (Å²) in [6.07, 6.45) is 3.60. The van der Waals surface area contributed by atoms with Crippen molar-refractivity contribution in [2.45, 2.75) is 45.8 Å². The van der Waals surface area contributed by atoms with Gasteiger partial charge in [0.05, 0.1) is 24.3 Å². The molecule has 1 aliphatic heterocycles. The van der Waals surface area contributed by atoms with Gasteiger partial charge in [-0.05, 0) is 39.7 Å². The summed E-state index contributed by atoms with van der Waals surface area (Å²) in [6, 6.07) is 3.45. The molecule has 158 valence electrons. The summed E-state index contributed by atoms with van der Waals surface area (Å²) in [6.45, 7) is 6.47.